The number of H-pyrrole nitrogens is 1. The molecule has 1 aliphatic rings. The molecule has 1 atom stereocenters. The van der Waals surface area contributed by atoms with Crippen LogP contribution in [0.1, 0.15) is 46.0 Å². The van der Waals surface area contributed by atoms with Gasteiger partial charge in [0.15, 0.2) is 10.8 Å². The average molecular weight is 384 g/mol. The summed E-state index contributed by atoms with van der Waals surface area (Å²) in [5, 5.41) is 3.59. The number of anilines is 2. The molecule has 0 aromatic carbocycles. The standard InChI is InChI=1S/C17H29N5O3S/c1-3-5-9-22-14(18)13(15(23)20-16(22)24)21(8-4-2)17(26)19-11-12-7-6-10-25-12/h12H,3-11,18H2,1-2H3,(H,19,26)(H,20,23,24)/t12-/m0/s1. The highest BCUT2D eigenvalue weighted by Gasteiger charge is 2.23. The fourth-order valence-electron chi connectivity index (χ4n) is 3.02. The summed E-state index contributed by atoms with van der Waals surface area (Å²) in [5.74, 6) is 0.155. The molecular weight excluding hydrogens is 354 g/mol. The van der Waals surface area contributed by atoms with Gasteiger partial charge in [-0.05, 0) is 37.9 Å². The minimum Gasteiger partial charge on any atom is -0.383 e. The van der Waals surface area contributed by atoms with E-state index in [1.807, 2.05) is 13.8 Å². The largest absolute Gasteiger partial charge is 0.383 e. The van der Waals surface area contributed by atoms with Crippen molar-refractivity contribution in [2.24, 2.45) is 0 Å². The van der Waals surface area contributed by atoms with Crippen LogP contribution in [-0.2, 0) is 11.3 Å². The molecule has 0 spiro atoms. The van der Waals surface area contributed by atoms with Crippen LogP contribution in [-0.4, -0.2) is 40.5 Å². The number of hydrogen-bond donors (Lipinski definition) is 3. The summed E-state index contributed by atoms with van der Waals surface area (Å²) in [7, 11) is 0. The van der Waals surface area contributed by atoms with Crippen LogP contribution in [0.25, 0.3) is 0 Å². The van der Waals surface area contributed by atoms with E-state index in [-0.39, 0.29) is 17.6 Å². The summed E-state index contributed by atoms with van der Waals surface area (Å²) in [6.45, 7) is 6.37. The molecule has 0 radical (unpaired) electrons. The van der Waals surface area contributed by atoms with Gasteiger partial charge < -0.3 is 20.7 Å². The Hall–Kier alpha value is -1.87. The third-order valence-electron chi connectivity index (χ3n) is 4.42. The lowest BCUT2D eigenvalue weighted by molar-refractivity contribution is 0.114. The second-order valence-corrected chi connectivity index (χ2v) is 6.86. The second kappa shape index (κ2) is 9.72. The molecule has 146 valence electrons. The Morgan fingerprint density at radius 2 is 2.19 bits per heavy atom. The smallest absolute Gasteiger partial charge is 0.330 e. The first-order valence-electron chi connectivity index (χ1n) is 9.29. The van der Waals surface area contributed by atoms with Gasteiger partial charge in [-0.25, -0.2) is 4.79 Å². The molecule has 1 aliphatic heterocycles. The van der Waals surface area contributed by atoms with Crippen LogP contribution in [0.4, 0.5) is 11.5 Å². The quantitative estimate of drug-likeness (QED) is 0.579. The first-order valence-corrected chi connectivity index (χ1v) is 9.69. The van der Waals surface area contributed by atoms with E-state index >= 15 is 0 Å². The van der Waals surface area contributed by atoms with Gasteiger partial charge in [-0.2, -0.15) is 0 Å². The fourth-order valence-corrected chi connectivity index (χ4v) is 3.28. The number of ether oxygens (including phenoxy) is 1. The fraction of sp³-hybridized carbons (Fsp3) is 0.706. The van der Waals surface area contributed by atoms with E-state index in [1.54, 1.807) is 4.90 Å². The third kappa shape index (κ3) is 4.85. The number of nitrogens with zero attached hydrogens (tertiary/aromatic N) is 2. The Bertz CT molecular complexity index is 724. The maximum atomic E-state index is 12.5. The van der Waals surface area contributed by atoms with Crippen molar-refractivity contribution in [3.63, 3.8) is 0 Å². The van der Waals surface area contributed by atoms with Crippen LogP contribution >= 0.6 is 12.2 Å². The van der Waals surface area contributed by atoms with Crippen molar-refractivity contribution in [3.8, 4) is 0 Å². The van der Waals surface area contributed by atoms with E-state index < -0.39 is 11.2 Å². The molecule has 0 unspecified atom stereocenters. The molecule has 4 N–H and O–H groups in total. The number of nitrogens with two attached hydrogens (primary N) is 1. The molecule has 1 fully saturated rings. The van der Waals surface area contributed by atoms with Crippen LogP contribution in [0.15, 0.2) is 9.59 Å². The van der Waals surface area contributed by atoms with Crippen LogP contribution in [0.3, 0.4) is 0 Å². The minimum absolute atomic E-state index is 0.130. The van der Waals surface area contributed by atoms with Crippen molar-refractivity contribution in [3.05, 3.63) is 20.8 Å². The zero-order valence-electron chi connectivity index (χ0n) is 15.5. The van der Waals surface area contributed by atoms with Gasteiger partial charge in [0.05, 0.1) is 6.10 Å². The highest BCUT2D eigenvalue weighted by molar-refractivity contribution is 7.80. The van der Waals surface area contributed by atoms with E-state index in [1.165, 1.54) is 4.57 Å². The molecular formula is C17H29N5O3S. The summed E-state index contributed by atoms with van der Waals surface area (Å²) in [5.41, 5.74) is 5.43. The molecule has 1 aromatic heterocycles. The molecule has 8 nitrogen and oxygen atoms in total. The highest BCUT2D eigenvalue weighted by Crippen LogP contribution is 2.18. The Balaban J connectivity index is 2.28. The van der Waals surface area contributed by atoms with Crippen molar-refractivity contribution in [2.75, 3.05) is 30.3 Å². The van der Waals surface area contributed by atoms with Gasteiger partial charge in [-0.15, -0.1) is 0 Å². The van der Waals surface area contributed by atoms with Gasteiger partial charge in [-0.3, -0.25) is 14.3 Å². The minimum atomic E-state index is -0.519. The molecule has 2 heterocycles. The maximum absolute atomic E-state index is 12.5. The van der Waals surface area contributed by atoms with Gasteiger partial charge in [0.25, 0.3) is 5.56 Å². The van der Waals surface area contributed by atoms with E-state index in [9.17, 15) is 9.59 Å². The molecule has 2 rings (SSSR count). The molecule has 0 amide bonds. The SMILES string of the molecule is CCCCn1c(N)c(N(CCC)C(=S)NC[C@@H]2CCCO2)c(=O)[nH]c1=O. The molecule has 9 heteroatoms. The summed E-state index contributed by atoms with van der Waals surface area (Å²) in [6, 6.07) is 0. The normalized spacial score (nSPS) is 16.6. The lowest BCUT2D eigenvalue weighted by atomic mass is 10.2. The molecule has 0 bridgehead atoms. The summed E-state index contributed by atoms with van der Waals surface area (Å²) in [4.78, 5) is 28.6. The van der Waals surface area contributed by atoms with Crippen LogP contribution < -0.4 is 27.2 Å². The van der Waals surface area contributed by atoms with Crippen LogP contribution in [0.5, 0.6) is 0 Å². The number of nitrogen functional groups attached to an aromatic ring is 1. The molecule has 1 aromatic rings. The number of hydrogen-bond acceptors (Lipinski definition) is 5. The van der Waals surface area contributed by atoms with Crippen molar-refractivity contribution >= 4 is 28.8 Å². The monoisotopic (exact) mass is 383 g/mol. The first-order chi connectivity index (χ1) is 12.5. The Labute approximate surface area is 158 Å². The number of aromatic amines is 1. The lowest BCUT2D eigenvalue weighted by Gasteiger charge is -2.27. The summed E-state index contributed by atoms with van der Waals surface area (Å²) < 4.78 is 7.00. The van der Waals surface area contributed by atoms with E-state index in [2.05, 4.69) is 10.3 Å². The summed E-state index contributed by atoms with van der Waals surface area (Å²) in [6.07, 6.45) is 4.66. The van der Waals surface area contributed by atoms with Gasteiger partial charge in [0, 0.05) is 26.2 Å². The summed E-state index contributed by atoms with van der Waals surface area (Å²) >= 11 is 5.50. The second-order valence-electron chi connectivity index (χ2n) is 6.47. The number of nitrogens with one attached hydrogen (secondary N) is 2. The Morgan fingerprint density at radius 1 is 1.42 bits per heavy atom. The van der Waals surface area contributed by atoms with Crippen molar-refractivity contribution < 1.29 is 4.74 Å². The number of thiocarbonyl (C=S) groups is 1. The first kappa shape index (κ1) is 20.4. The molecule has 0 saturated carbocycles. The number of rotatable bonds is 8. The van der Waals surface area contributed by atoms with Gasteiger partial charge >= 0.3 is 5.69 Å². The number of aromatic nitrogens is 2. The highest BCUT2D eigenvalue weighted by atomic mass is 32.1. The zero-order valence-corrected chi connectivity index (χ0v) is 16.4. The zero-order chi connectivity index (χ0) is 19.1. The average Bonchev–Trinajstić information content (AvgIpc) is 3.12. The van der Waals surface area contributed by atoms with E-state index in [4.69, 9.17) is 22.7 Å². The Morgan fingerprint density at radius 3 is 2.81 bits per heavy atom. The van der Waals surface area contributed by atoms with Crippen molar-refractivity contribution in [2.45, 2.75) is 58.6 Å². The molecule has 0 aliphatic carbocycles. The van der Waals surface area contributed by atoms with Gasteiger partial charge in [0.2, 0.25) is 0 Å². The van der Waals surface area contributed by atoms with E-state index in [0.717, 1.165) is 38.7 Å². The molecule has 26 heavy (non-hydrogen) atoms. The Kier molecular flexibility index (Phi) is 7.65. The van der Waals surface area contributed by atoms with Gasteiger partial charge in [-0.1, -0.05) is 20.3 Å². The molecule has 1 saturated heterocycles. The van der Waals surface area contributed by atoms with Crippen LogP contribution in [0, 0.1) is 0 Å². The van der Waals surface area contributed by atoms with Crippen molar-refractivity contribution in [1.82, 2.24) is 14.9 Å². The number of unbranched alkanes of at least 4 members (excludes halogenated alkanes) is 1. The predicted octanol–water partition coefficient (Wildman–Crippen LogP) is 1.19. The predicted molar refractivity (Wildman–Crippen MR) is 108 cm³/mol. The van der Waals surface area contributed by atoms with Gasteiger partial charge in [0.1, 0.15) is 5.82 Å². The topological polar surface area (TPSA) is 105 Å². The maximum Gasteiger partial charge on any atom is 0.330 e. The van der Waals surface area contributed by atoms with Crippen molar-refractivity contribution in [1.29, 1.82) is 0 Å². The van der Waals surface area contributed by atoms with E-state index in [0.29, 0.717) is 24.7 Å². The lowest BCUT2D eigenvalue weighted by Crippen LogP contribution is -2.47. The van der Waals surface area contributed by atoms with Crippen LogP contribution in [0.2, 0.25) is 0 Å². The third-order valence-corrected chi connectivity index (χ3v) is 4.78.